The first-order chi connectivity index (χ1) is 11.3. The van der Waals surface area contributed by atoms with Crippen molar-refractivity contribution in [3.05, 3.63) is 71.1 Å². The number of halogens is 1. The highest BCUT2D eigenvalue weighted by molar-refractivity contribution is 7.17. The van der Waals surface area contributed by atoms with Crippen molar-refractivity contribution in [3.63, 3.8) is 0 Å². The number of fused-ring (bicyclic) bond motifs is 1. The van der Waals surface area contributed by atoms with Gasteiger partial charge in [0.15, 0.2) is 5.82 Å². The van der Waals surface area contributed by atoms with Crippen LogP contribution in [0.1, 0.15) is 0 Å². The second-order valence-electron chi connectivity index (χ2n) is 4.91. The van der Waals surface area contributed by atoms with Crippen LogP contribution in [-0.4, -0.2) is 9.97 Å². The molecule has 0 atom stereocenters. The third-order valence-electron chi connectivity index (χ3n) is 3.33. The first kappa shape index (κ1) is 14.2. The van der Waals surface area contributed by atoms with Crippen LogP contribution in [0.4, 0.5) is 0 Å². The van der Waals surface area contributed by atoms with E-state index in [1.807, 2.05) is 53.9 Å². The summed E-state index contributed by atoms with van der Waals surface area (Å²) in [6.45, 7) is 0. The second kappa shape index (κ2) is 5.99. The third kappa shape index (κ3) is 2.91. The van der Waals surface area contributed by atoms with Crippen LogP contribution in [0, 0.1) is 0 Å². The summed E-state index contributed by atoms with van der Waals surface area (Å²) in [5.41, 5.74) is 1.84. The number of rotatable bonds is 3. The summed E-state index contributed by atoms with van der Waals surface area (Å²) in [4.78, 5) is 9.23. The minimum Gasteiger partial charge on any atom is -0.437 e. The quantitative estimate of drug-likeness (QED) is 0.473. The van der Waals surface area contributed by atoms with Crippen LogP contribution in [-0.2, 0) is 0 Å². The molecule has 0 unspecified atom stereocenters. The highest BCUT2D eigenvalue weighted by atomic mass is 35.5. The fourth-order valence-corrected chi connectivity index (χ4v) is 3.12. The fourth-order valence-electron chi connectivity index (χ4n) is 2.24. The summed E-state index contributed by atoms with van der Waals surface area (Å²) < 4.78 is 6.90. The van der Waals surface area contributed by atoms with Crippen LogP contribution in [0.5, 0.6) is 11.6 Å². The Balaban J connectivity index is 1.81. The fraction of sp³-hybridized carbons (Fsp3) is 0. The van der Waals surface area contributed by atoms with E-state index in [1.54, 1.807) is 23.5 Å². The van der Waals surface area contributed by atoms with Crippen LogP contribution < -0.4 is 4.74 Å². The first-order valence-corrected chi connectivity index (χ1v) is 8.29. The summed E-state index contributed by atoms with van der Waals surface area (Å²) in [6.07, 6.45) is 0. The van der Waals surface area contributed by atoms with Crippen LogP contribution in [0.25, 0.3) is 21.6 Å². The molecular weight excluding hydrogens is 328 g/mol. The topological polar surface area (TPSA) is 35.0 Å². The summed E-state index contributed by atoms with van der Waals surface area (Å²) >= 11 is 7.48. The Labute approximate surface area is 142 Å². The maximum Gasteiger partial charge on any atom is 0.240 e. The van der Waals surface area contributed by atoms with E-state index in [9.17, 15) is 0 Å². The van der Waals surface area contributed by atoms with Crippen molar-refractivity contribution in [1.29, 1.82) is 0 Å². The van der Waals surface area contributed by atoms with Gasteiger partial charge in [0.1, 0.15) is 10.4 Å². The van der Waals surface area contributed by atoms with Gasteiger partial charge >= 0.3 is 0 Å². The van der Waals surface area contributed by atoms with E-state index in [1.165, 1.54) is 0 Å². The maximum atomic E-state index is 5.97. The van der Waals surface area contributed by atoms with E-state index in [0.717, 1.165) is 15.8 Å². The van der Waals surface area contributed by atoms with Gasteiger partial charge < -0.3 is 4.74 Å². The first-order valence-electron chi connectivity index (χ1n) is 7.04. The van der Waals surface area contributed by atoms with Gasteiger partial charge in [-0.2, -0.15) is 4.98 Å². The molecule has 4 rings (SSSR count). The third-order valence-corrected chi connectivity index (χ3v) is 4.48. The van der Waals surface area contributed by atoms with Crippen molar-refractivity contribution in [2.45, 2.75) is 0 Å². The highest BCUT2D eigenvalue weighted by Gasteiger charge is 2.12. The van der Waals surface area contributed by atoms with Crippen molar-refractivity contribution in [2.24, 2.45) is 0 Å². The lowest BCUT2D eigenvalue weighted by Gasteiger charge is -2.08. The molecule has 23 heavy (non-hydrogen) atoms. The number of benzene rings is 2. The minimum atomic E-state index is 0.561. The molecule has 0 fully saturated rings. The van der Waals surface area contributed by atoms with Gasteiger partial charge in [0, 0.05) is 10.6 Å². The molecule has 2 aromatic carbocycles. The molecule has 0 saturated heterocycles. The Morgan fingerprint density at radius 3 is 2.43 bits per heavy atom. The lowest BCUT2D eigenvalue weighted by Crippen LogP contribution is -1.94. The van der Waals surface area contributed by atoms with Crippen LogP contribution in [0.3, 0.4) is 0 Å². The second-order valence-corrected chi connectivity index (χ2v) is 6.26. The van der Waals surface area contributed by atoms with Crippen molar-refractivity contribution in [1.82, 2.24) is 9.97 Å². The van der Waals surface area contributed by atoms with Crippen LogP contribution in [0.2, 0.25) is 5.02 Å². The molecule has 0 radical (unpaired) electrons. The summed E-state index contributed by atoms with van der Waals surface area (Å²) in [7, 11) is 0. The molecule has 2 heterocycles. The monoisotopic (exact) mass is 338 g/mol. The SMILES string of the molecule is Clc1ccc(Oc2nc(-c3ccccc3)nc3ccsc23)cc1. The summed E-state index contributed by atoms with van der Waals surface area (Å²) in [5.74, 6) is 1.91. The smallest absolute Gasteiger partial charge is 0.240 e. The van der Waals surface area contributed by atoms with E-state index in [0.29, 0.717) is 22.5 Å². The number of thiophene rings is 1. The average molecular weight is 339 g/mol. The van der Waals surface area contributed by atoms with Gasteiger partial charge in [0.05, 0.1) is 5.52 Å². The van der Waals surface area contributed by atoms with Crippen molar-refractivity contribution in [3.8, 4) is 23.0 Å². The van der Waals surface area contributed by atoms with Crippen LogP contribution >= 0.6 is 22.9 Å². The molecule has 4 aromatic rings. The van der Waals surface area contributed by atoms with Crippen molar-refractivity contribution in [2.75, 3.05) is 0 Å². The summed E-state index contributed by atoms with van der Waals surface area (Å²) in [6, 6.07) is 19.1. The Morgan fingerprint density at radius 2 is 1.65 bits per heavy atom. The number of nitrogens with zero attached hydrogens (tertiary/aromatic N) is 2. The molecule has 3 nitrogen and oxygen atoms in total. The van der Waals surface area contributed by atoms with Gasteiger partial charge in [0.25, 0.3) is 0 Å². The molecule has 0 N–H and O–H groups in total. The van der Waals surface area contributed by atoms with Gasteiger partial charge in [-0.3, -0.25) is 0 Å². The average Bonchev–Trinajstić information content (AvgIpc) is 3.06. The lowest BCUT2D eigenvalue weighted by atomic mass is 10.2. The zero-order valence-electron chi connectivity index (χ0n) is 11.9. The molecule has 0 amide bonds. The number of aromatic nitrogens is 2. The van der Waals surface area contributed by atoms with Gasteiger partial charge in [-0.1, -0.05) is 41.9 Å². The standard InChI is InChI=1S/C18H11ClN2OS/c19-13-6-8-14(9-7-13)22-18-16-15(10-11-23-16)20-17(21-18)12-4-2-1-3-5-12/h1-11H. The molecule has 0 bridgehead atoms. The molecule has 112 valence electrons. The number of hydrogen-bond donors (Lipinski definition) is 0. The predicted molar refractivity (Wildman–Crippen MR) is 94.4 cm³/mol. The molecule has 0 aliphatic carbocycles. The normalized spacial score (nSPS) is 10.8. The Hall–Kier alpha value is -2.43. The highest BCUT2D eigenvalue weighted by Crippen LogP contribution is 2.33. The molecule has 2 aromatic heterocycles. The summed E-state index contributed by atoms with van der Waals surface area (Å²) in [5, 5.41) is 2.66. The van der Waals surface area contributed by atoms with Crippen molar-refractivity contribution < 1.29 is 4.74 Å². The van der Waals surface area contributed by atoms with Gasteiger partial charge in [-0.25, -0.2) is 4.98 Å². The minimum absolute atomic E-state index is 0.561. The van der Waals surface area contributed by atoms with Gasteiger partial charge in [0.2, 0.25) is 5.88 Å². The van der Waals surface area contributed by atoms with Gasteiger partial charge in [-0.15, -0.1) is 11.3 Å². The van der Waals surface area contributed by atoms with E-state index in [-0.39, 0.29) is 0 Å². The largest absolute Gasteiger partial charge is 0.437 e. The molecular formula is C18H11ClN2OS. The molecule has 0 spiro atoms. The molecule has 0 aliphatic heterocycles. The lowest BCUT2D eigenvalue weighted by molar-refractivity contribution is 0.470. The zero-order valence-corrected chi connectivity index (χ0v) is 13.5. The molecule has 5 heteroatoms. The number of hydrogen-bond acceptors (Lipinski definition) is 4. The molecule has 0 aliphatic rings. The zero-order chi connectivity index (χ0) is 15.6. The van der Waals surface area contributed by atoms with E-state index < -0.39 is 0 Å². The Kier molecular flexibility index (Phi) is 3.69. The molecule has 0 saturated carbocycles. The predicted octanol–water partition coefficient (Wildman–Crippen LogP) is 5.80. The maximum absolute atomic E-state index is 5.97. The van der Waals surface area contributed by atoms with E-state index >= 15 is 0 Å². The Morgan fingerprint density at radius 1 is 0.870 bits per heavy atom. The number of ether oxygens (including phenoxy) is 1. The van der Waals surface area contributed by atoms with E-state index in [2.05, 4.69) is 9.97 Å². The van der Waals surface area contributed by atoms with Crippen LogP contribution in [0.15, 0.2) is 66.0 Å². The van der Waals surface area contributed by atoms with Gasteiger partial charge in [-0.05, 0) is 35.7 Å². The Bertz CT molecular complexity index is 952. The van der Waals surface area contributed by atoms with Crippen molar-refractivity contribution >= 4 is 33.2 Å². The van der Waals surface area contributed by atoms with E-state index in [4.69, 9.17) is 16.3 Å².